The number of furan rings is 1. The van der Waals surface area contributed by atoms with Gasteiger partial charge in [-0.05, 0) is 29.8 Å². The second-order valence-electron chi connectivity index (χ2n) is 5.15. The molecular weight excluding hydrogens is 309 g/mol. The lowest BCUT2D eigenvalue weighted by molar-refractivity contribution is -0.123. The number of carbonyl (C=O) groups is 1. The zero-order chi connectivity index (χ0) is 16.8. The van der Waals surface area contributed by atoms with Gasteiger partial charge in [0.1, 0.15) is 11.8 Å². The summed E-state index contributed by atoms with van der Waals surface area (Å²) in [5.41, 5.74) is 0.881. The van der Waals surface area contributed by atoms with Gasteiger partial charge in [0.15, 0.2) is 18.2 Å². The molecule has 0 spiro atoms. The summed E-state index contributed by atoms with van der Waals surface area (Å²) in [5, 5.41) is 2.85. The van der Waals surface area contributed by atoms with Crippen LogP contribution in [0.15, 0.2) is 77.4 Å². The quantitative estimate of drug-likeness (QED) is 0.752. The minimum absolute atomic E-state index is 0.0434. The van der Waals surface area contributed by atoms with E-state index in [0.29, 0.717) is 5.76 Å². The van der Waals surface area contributed by atoms with E-state index in [4.69, 9.17) is 9.15 Å². The number of ether oxygens (including phenoxy) is 1. The Morgan fingerprint density at radius 2 is 1.79 bits per heavy atom. The lowest BCUT2D eigenvalue weighted by Gasteiger charge is -2.17. The van der Waals surface area contributed by atoms with E-state index in [0.717, 1.165) is 5.56 Å². The van der Waals surface area contributed by atoms with Crippen molar-refractivity contribution in [1.29, 1.82) is 0 Å². The average molecular weight is 325 g/mol. The number of hydrogen-bond donors (Lipinski definition) is 1. The van der Waals surface area contributed by atoms with Crippen molar-refractivity contribution < 1.29 is 18.3 Å². The molecule has 1 heterocycles. The molecule has 1 aromatic heterocycles. The highest BCUT2D eigenvalue weighted by atomic mass is 19.1. The monoisotopic (exact) mass is 325 g/mol. The molecular formula is C19H16FNO3. The van der Waals surface area contributed by atoms with Crippen LogP contribution < -0.4 is 10.1 Å². The third-order valence-corrected chi connectivity index (χ3v) is 3.46. The SMILES string of the molecule is O=C(COc1ccccc1F)N[C@H](c1ccccc1)c1ccco1. The van der Waals surface area contributed by atoms with Crippen LogP contribution in [0.25, 0.3) is 0 Å². The molecule has 1 N–H and O–H groups in total. The van der Waals surface area contributed by atoms with Crippen LogP contribution in [0.4, 0.5) is 4.39 Å². The van der Waals surface area contributed by atoms with Gasteiger partial charge in [-0.15, -0.1) is 0 Å². The van der Waals surface area contributed by atoms with E-state index in [1.165, 1.54) is 12.1 Å². The molecule has 0 unspecified atom stereocenters. The molecule has 3 rings (SSSR count). The second kappa shape index (κ2) is 7.46. The molecule has 5 heteroatoms. The first-order valence-corrected chi connectivity index (χ1v) is 7.49. The van der Waals surface area contributed by atoms with Gasteiger partial charge < -0.3 is 14.5 Å². The van der Waals surface area contributed by atoms with Crippen molar-refractivity contribution in [3.05, 3.63) is 90.1 Å². The minimum atomic E-state index is -0.504. The highest BCUT2D eigenvalue weighted by Gasteiger charge is 2.19. The molecule has 122 valence electrons. The van der Waals surface area contributed by atoms with Crippen molar-refractivity contribution >= 4 is 5.91 Å². The molecule has 24 heavy (non-hydrogen) atoms. The van der Waals surface area contributed by atoms with Crippen molar-refractivity contribution in [1.82, 2.24) is 5.32 Å². The number of hydrogen-bond acceptors (Lipinski definition) is 3. The molecule has 0 aliphatic rings. The predicted octanol–water partition coefficient (Wildman–Crippen LogP) is 3.70. The fraction of sp³-hybridized carbons (Fsp3) is 0.105. The maximum absolute atomic E-state index is 13.5. The summed E-state index contributed by atoms with van der Waals surface area (Å²) in [5.74, 6) is -0.221. The molecule has 0 saturated heterocycles. The molecule has 3 aromatic rings. The molecule has 0 aliphatic carbocycles. The molecule has 4 nitrogen and oxygen atoms in total. The molecule has 0 saturated carbocycles. The third kappa shape index (κ3) is 3.81. The first-order chi connectivity index (χ1) is 11.7. The van der Waals surface area contributed by atoms with Crippen LogP contribution in [0.2, 0.25) is 0 Å². The van der Waals surface area contributed by atoms with E-state index in [1.54, 1.807) is 30.5 Å². The summed E-state index contributed by atoms with van der Waals surface area (Å²) in [6.45, 7) is -0.287. The van der Waals surface area contributed by atoms with E-state index in [9.17, 15) is 9.18 Å². The Hall–Kier alpha value is -3.08. The number of para-hydroxylation sites is 1. The largest absolute Gasteiger partial charge is 0.481 e. The fourth-order valence-electron chi connectivity index (χ4n) is 2.33. The molecule has 0 aliphatic heterocycles. The Balaban J connectivity index is 1.69. The summed E-state index contributed by atoms with van der Waals surface area (Å²) in [4.78, 5) is 12.2. The lowest BCUT2D eigenvalue weighted by atomic mass is 10.0. The molecule has 0 radical (unpaired) electrons. The minimum Gasteiger partial charge on any atom is -0.481 e. The van der Waals surface area contributed by atoms with Gasteiger partial charge >= 0.3 is 0 Å². The maximum atomic E-state index is 13.5. The van der Waals surface area contributed by atoms with Crippen LogP contribution >= 0.6 is 0 Å². The van der Waals surface area contributed by atoms with Gasteiger partial charge in [0, 0.05) is 0 Å². The maximum Gasteiger partial charge on any atom is 0.258 e. The number of amides is 1. The van der Waals surface area contributed by atoms with Gasteiger partial charge in [0.2, 0.25) is 0 Å². The van der Waals surface area contributed by atoms with Crippen molar-refractivity contribution in [3.8, 4) is 5.75 Å². The van der Waals surface area contributed by atoms with Gasteiger partial charge in [-0.3, -0.25) is 4.79 Å². The van der Waals surface area contributed by atoms with Gasteiger partial charge in [-0.25, -0.2) is 4.39 Å². The average Bonchev–Trinajstić information content (AvgIpc) is 3.14. The summed E-state index contributed by atoms with van der Waals surface area (Å²) in [6.07, 6.45) is 1.55. The van der Waals surface area contributed by atoms with E-state index >= 15 is 0 Å². The first kappa shape index (κ1) is 15.8. The van der Waals surface area contributed by atoms with Crippen LogP contribution in [-0.4, -0.2) is 12.5 Å². The second-order valence-corrected chi connectivity index (χ2v) is 5.15. The van der Waals surface area contributed by atoms with Crippen LogP contribution in [0.1, 0.15) is 17.4 Å². The van der Waals surface area contributed by atoms with E-state index in [2.05, 4.69) is 5.32 Å². The highest BCUT2D eigenvalue weighted by Crippen LogP contribution is 2.22. The Labute approximate surface area is 138 Å². The Kier molecular flexibility index (Phi) is 4.91. The number of nitrogens with one attached hydrogen (secondary N) is 1. The predicted molar refractivity (Wildman–Crippen MR) is 87.0 cm³/mol. The summed E-state index contributed by atoms with van der Waals surface area (Å²) in [6, 6.07) is 18.5. The number of carbonyl (C=O) groups excluding carboxylic acids is 1. The highest BCUT2D eigenvalue weighted by molar-refractivity contribution is 5.78. The first-order valence-electron chi connectivity index (χ1n) is 7.49. The topological polar surface area (TPSA) is 51.5 Å². The number of halogens is 1. The Bertz CT molecular complexity index is 787. The van der Waals surface area contributed by atoms with Crippen molar-refractivity contribution in [2.75, 3.05) is 6.61 Å². The fourth-order valence-corrected chi connectivity index (χ4v) is 2.33. The lowest BCUT2D eigenvalue weighted by Crippen LogP contribution is -2.33. The number of rotatable bonds is 6. The summed E-state index contributed by atoms with van der Waals surface area (Å²) in [7, 11) is 0. The van der Waals surface area contributed by atoms with Gasteiger partial charge in [0.25, 0.3) is 5.91 Å². The summed E-state index contributed by atoms with van der Waals surface area (Å²) >= 11 is 0. The van der Waals surface area contributed by atoms with Gasteiger partial charge in [0.05, 0.1) is 6.26 Å². The van der Waals surface area contributed by atoms with Crippen LogP contribution in [0, 0.1) is 5.82 Å². The Morgan fingerprint density at radius 1 is 1.04 bits per heavy atom. The molecule has 0 fully saturated rings. The Morgan fingerprint density at radius 3 is 2.50 bits per heavy atom. The molecule has 0 bridgehead atoms. The van der Waals surface area contributed by atoms with Crippen LogP contribution in [-0.2, 0) is 4.79 Å². The van der Waals surface area contributed by atoms with E-state index in [-0.39, 0.29) is 18.3 Å². The summed E-state index contributed by atoms with van der Waals surface area (Å²) < 4.78 is 24.2. The molecule has 2 aromatic carbocycles. The van der Waals surface area contributed by atoms with Crippen LogP contribution in [0.5, 0.6) is 5.75 Å². The normalized spacial score (nSPS) is 11.7. The van der Waals surface area contributed by atoms with Crippen LogP contribution in [0.3, 0.4) is 0 Å². The van der Waals surface area contributed by atoms with E-state index in [1.807, 2.05) is 30.3 Å². The number of benzene rings is 2. The van der Waals surface area contributed by atoms with Gasteiger partial charge in [-0.2, -0.15) is 0 Å². The van der Waals surface area contributed by atoms with Crippen molar-refractivity contribution in [2.24, 2.45) is 0 Å². The molecule has 1 atom stereocenters. The van der Waals surface area contributed by atoms with Gasteiger partial charge in [-0.1, -0.05) is 42.5 Å². The van der Waals surface area contributed by atoms with Crippen molar-refractivity contribution in [3.63, 3.8) is 0 Å². The zero-order valence-electron chi connectivity index (χ0n) is 12.8. The third-order valence-electron chi connectivity index (χ3n) is 3.46. The molecule has 1 amide bonds. The standard InChI is InChI=1S/C19H16FNO3/c20-15-9-4-5-10-16(15)24-13-18(22)21-19(17-11-6-12-23-17)14-7-2-1-3-8-14/h1-12,19H,13H2,(H,21,22)/t19-/m1/s1. The van der Waals surface area contributed by atoms with E-state index < -0.39 is 11.9 Å². The van der Waals surface area contributed by atoms with Crippen molar-refractivity contribution in [2.45, 2.75) is 6.04 Å². The smallest absolute Gasteiger partial charge is 0.258 e. The zero-order valence-corrected chi connectivity index (χ0v) is 12.8.